The number of nitrogens with zero attached hydrogens (tertiary/aromatic N) is 2. The van der Waals surface area contributed by atoms with E-state index < -0.39 is 0 Å². The number of hydrogen-bond acceptors (Lipinski definition) is 3. The van der Waals surface area contributed by atoms with Gasteiger partial charge in [0.1, 0.15) is 0 Å². The SMILES string of the molecule is CC(=O)N1CCN(C(=O)c2ccccc2S)CC1. The summed E-state index contributed by atoms with van der Waals surface area (Å²) in [7, 11) is 0. The van der Waals surface area contributed by atoms with E-state index in [1.54, 1.807) is 22.8 Å². The normalized spacial score (nSPS) is 15.7. The smallest absolute Gasteiger partial charge is 0.255 e. The fourth-order valence-electron chi connectivity index (χ4n) is 2.05. The molecule has 2 amide bonds. The number of amides is 2. The molecule has 5 heteroatoms. The van der Waals surface area contributed by atoms with Crippen LogP contribution in [-0.2, 0) is 4.79 Å². The van der Waals surface area contributed by atoms with Crippen molar-refractivity contribution >= 4 is 24.4 Å². The van der Waals surface area contributed by atoms with Gasteiger partial charge in [0.05, 0.1) is 5.56 Å². The predicted octanol–water partition coefficient (Wildman–Crippen LogP) is 1.28. The van der Waals surface area contributed by atoms with Gasteiger partial charge in [-0.05, 0) is 12.1 Å². The summed E-state index contributed by atoms with van der Waals surface area (Å²) < 4.78 is 0. The summed E-state index contributed by atoms with van der Waals surface area (Å²) >= 11 is 4.30. The molecule has 1 fully saturated rings. The average Bonchev–Trinajstić information content (AvgIpc) is 2.38. The molecule has 96 valence electrons. The third kappa shape index (κ3) is 2.67. The Morgan fingerprint density at radius 1 is 1.06 bits per heavy atom. The standard InChI is InChI=1S/C13H16N2O2S/c1-10(16)14-6-8-15(9-7-14)13(17)11-4-2-3-5-12(11)18/h2-5,18H,6-9H2,1H3. The van der Waals surface area contributed by atoms with Gasteiger partial charge in [0.15, 0.2) is 0 Å². The number of benzene rings is 1. The Hall–Kier alpha value is -1.49. The molecule has 4 nitrogen and oxygen atoms in total. The zero-order valence-corrected chi connectivity index (χ0v) is 11.2. The molecule has 0 atom stereocenters. The molecule has 18 heavy (non-hydrogen) atoms. The maximum atomic E-state index is 12.3. The highest BCUT2D eigenvalue weighted by Crippen LogP contribution is 2.16. The molecule has 1 saturated heterocycles. The fraction of sp³-hybridized carbons (Fsp3) is 0.385. The lowest BCUT2D eigenvalue weighted by Crippen LogP contribution is -2.50. The van der Waals surface area contributed by atoms with Gasteiger partial charge in [0.25, 0.3) is 5.91 Å². The Kier molecular flexibility index (Phi) is 3.91. The summed E-state index contributed by atoms with van der Waals surface area (Å²) in [6.45, 7) is 3.94. The molecule has 1 heterocycles. The summed E-state index contributed by atoms with van der Waals surface area (Å²) in [6.07, 6.45) is 0. The first-order valence-corrected chi connectivity index (χ1v) is 6.37. The Labute approximate surface area is 112 Å². The molecule has 0 bridgehead atoms. The zero-order chi connectivity index (χ0) is 13.1. The molecule has 0 N–H and O–H groups in total. The van der Waals surface area contributed by atoms with Gasteiger partial charge < -0.3 is 9.80 Å². The number of piperazine rings is 1. The lowest BCUT2D eigenvalue weighted by atomic mass is 10.2. The highest BCUT2D eigenvalue weighted by atomic mass is 32.1. The van der Waals surface area contributed by atoms with Crippen molar-refractivity contribution in [3.8, 4) is 0 Å². The highest BCUT2D eigenvalue weighted by Gasteiger charge is 2.23. The first kappa shape index (κ1) is 13.0. The van der Waals surface area contributed by atoms with Crippen molar-refractivity contribution in [3.05, 3.63) is 29.8 Å². The molecule has 2 rings (SSSR count). The van der Waals surface area contributed by atoms with Crippen LogP contribution in [0.1, 0.15) is 17.3 Å². The molecule has 0 spiro atoms. The van der Waals surface area contributed by atoms with Gasteiger partial charge in [-0.1, -0.05) is 12.1 Å². The third-order valence-electron chi connectivity index (χ3n) is 3.15. The van der Waals surface area contributed by atoms with Crippen molar-refractivity contribution < 1.29 is 9.59 Å². The van der Waals surface area contributed by atoms with Gasteiger partial charge in [-0.25, -0.2) is 0 Å². The van der Waals surface area contributed by atoms with Crippen LogP contribution in [0.5, 0.6) is 0 Å². The number of thiol groups is 1. The second-order valence-corrected chi connectivity index (χ2v) is 4.80. The maximum Gasteiger partial charge on any atom is 0.255 e. The molecule has 1 aromatic rings. The third-order valence-corrected chi connectivity index (χ3v) is 3.54. The molecule has 0 saturated carbocycles. The quantitative estimate of drug-likeness (QED) is 0.776. The van der Waals surface area contributed by atoms with Crippen molar-refractivity contribution in [2.75, 3.05) is 26.2 Å². The average molecular weight is 264 g/mol. The van der Waals surface area contributed by atoms with Gasteiger partial charge in [0, 0.05) is 38.0 Å². The Morgan fingerprint density at radius 2 is 1.61 bits per heavy atom. The van der Waals surface area contributed by atoms with Gasteiger partial charge in [-0.3, -0.25) is 9.59 Å². The topological polar surface area (TPSA) is 40.6 Å². The largest absolute Gasteiger partial charge is 0.339 e. The Bertz CT molecular complexity index is 468. The molecular weight excluding hydrogens is 248 g/mol. The van der Waals surface area contributed by atoms with E-state index >= 15 is 0 Å². The minimum atomic E-state index is -0.0104. The van der Waals surface area contributed by atoms with E-state index in [-0.39, 0.29) is 11.8 Å². The molecule has 1 aliphatic rings. The van der Waals surface area contributed by atoms with E-state index in [0.717, 1.165) is 0 Å². The summed E-state index contributed by atoms with van der Waals surface area (Å²) in [4.78, 5) is 27.7. The second-order valence-electron chi connectivity index (χ2n) is 4.32. The van der Waals surface area contributed by atoms with Crippen LogP contribution in [0.2, 0.25) is 0 Å². The van der Waals surface area contributed by atoms with E-state index in [0.29, 0.717) is 36.6 Å². The highest BCUT2D eigenvalue weighted by molar-refractivity contribution is 7.80. The van der Waals surface area contributed by atoms with Crippen molar-refractivity contribution in [1.29, 1.82) is 0 Å². The maximum absolute atomic E-state index is 12.3. The zero-order valence-electron chi connectivity index (χ0n) is 10.3. The van der Waals surface area contributed by atoms with E-state index in [9.17, 15) is 9.59 Å². The first-order valence-electron chi connectivity index (χ1n) is 5.92. The lowest BCUT2D eigenvalue weighted by Gasteiger charge is -2.34. The van der Waals surface area contributed by atoms with Crippen molar-refractivity contribution in [3.63, 3.8) is 0 Å². The Morgan fingerprint density at radius 3 is 2.17 bits per heavy atom. The van der Waals surface area contributed by atoms with E-state index in [4.69, 9.17) is 0 Å². The van der Waals surface area contributed by atoms with E-state index in [1.807, 2.05) is 18.2 Å². The van der Waals surface area contributed by atoms with Gasteiger partial charge in [0.2, 0.25) is 5.91 Å². The van der Waals surface area contributed by atoms with Gasteiger partial charge >= 0.3 is 0 Å². The molecular formula is C13H16N2O2S. The van der Waals surface area contributed by atoms with Crippen LogP contribution in [0, 0.1) is 0 Å². The molecule has 0 unspecified atom stereocenters. The number of carbonyl (C=O) groups excluding carboxylic acids is 2. The van der Waals surface area contributed by atoms with Crippen LogP contribution in [0.15, 0.2) is 29.2 Å². The Balaban J connectivity index is 2.04. The fourth-order valence-corrected chi connectivity index (χ4v) is 2.31. The predicted molar refractivity (Wildman–Crippen MR) is 71.9 cm³/mol. The molecule has 0 radical (unpaired) electrons. The van der Waals surface area contributed by atoms with Crippen molar-refractivity contribution in [1.82, 2.24) is 9.80 Å². The van der Waals surface area contributed by atoms with Crippen LogP contribution in [-0.4, -0.2) is 47.8 Å². The lowest BCUT2D eigenvalue weighted by molar-refractivity contribution is -0.130. The van der Waals surface area contributed by atoms with Gasteiger partial charge in [-0.15, -0.1) is 12.6 Å². The summed E-state index contributed by atoms with van der Waals surface area (Å²) in [5.74, 6) is 0.0560. The summed E-state index contributed by atoms with van der Waals surface area (Å²) in [5, 5.41) is 0. The van der Waals surface area contributed by atoms with E-state index in [1.165, 1.54) is 0 Å². The van der Waals surface area contributed by atoms with E-state index in [2.05, 4.69) is 12.6 Å². The van der Waals surface area contributed by atoms with Crippen molar-refractivity contribution in [2.24, 2.45) is 0 Å². The minimum Gasteiger partial charge on any atom is -0.339 e. The summed E-state index contributed by atoms with van der Waals surface area (Å²) in [6, 6.07) is 7.27. The van der Waals surface area contributed by atoms with Crippen LogP contribution < -0.4 is 0 Å². The summed E-state index contributed by atoms with van der Waals surface area (Å²) in [5.41, 5.74) is 0.622. The monoisotopic (exact) mass is 264 g/mol. The molecule has 1 aliphatic heterocycles. The van der Waals surface area contributed by atoms with Crippen LogP contribution in [0.3, 0.4) is 0 Å². The van der Waals surface area contributed by atoms with Gasteiger partial charge in [-0.2, -0.15) is 0 Å². The first-order chi connectivity index (χ1) is 8.59. The van der Waals surface area contributed by atoms with Crippen LogP contribution in [0.4, 0.5) is 0 Å². The van der Waals surface area contributed by atoms with Crippen molar-refractivity contribution in [2.45, 2.75) is 11.8 Å². The number of rotatable bonds is 1. The second kappa shape index (κ2) is 5.44. The molecule has 0 aromatic heterocycles. The number of hydrogen-bond donors (Lipinski definition) is 1. The molecule has 0 aliphatic carbocycles. The van der Waals surface area contributed by atoms with Crippen LogP contribution in [0.25, 0.3) is 0 Å². The minimum absolute atomic E-state index is 0.0104. The van der Waals surface area contributed by atoms with Crippen LogP contribution >= 0.6 is 12.6 Å². The molecule has 1 aromatic carbocycles. The number of carbonyl (C=O) groups is 2.